The van der Waals surface area contributed by atoms with E-state index >= 15 is 0 Å². The number of imidazole rings is 1. The van der Waals surface area contributed by atoms with Gasteiger partial charge in [-0.15, -0.1) is 0 Å². The zero-order valence-electron chi connectivity index (χ0n) is 10.9. The van der Waals surface area contributed by atoms with Gasteiger partial charge < -0.3 is 14.3 Å². The largest absolute Gasteiger partial charge is 0.468 e. The summed E-state index contributed by atoms with van der Waals surface area (Å²) in [5.74, 6) is 1.03. The molecular weight excluding hydrogens is 226 g/mol. The molecule has 0 aromatic carbocycles. The van der Waals surface area contributed by atoms with E-state index in [-0.39, 0.29) is 0 Å². The lowest BCUT2D eigenvalue weighted by Crippen LogP contribution is -2.21. The molecule has 4 heteroatoms. The fourth-order valence-electron chi connectivity index (χ4n) is 2.05. The zero-order chi connectivity index (χ0) is 12.6. The van der Waals surface area contributed by atoms with Gasteiger partial charge in [-0.05, 0) is 37.9 Å². The maximum absolute atomic E-state index is 5.43. The predicted octanol–water partition coefficient (Wildman–Crippen LogP) is 3.00. The first kappa shape index (κ1) is 12.9. The maximum atomic E-state index is 5.43. The number of unbranched alkanes of at least 4 members (excludes halogenated alkanes) is 1. The molecule has 98 valence electrons. The van der Waals surface area contributed by atoms with Crippen LogP contribution in [0.4, 0.5) is 0 Å². The van der Waals surface area contributed by atoms with Crippen LogP contribution in [0.25, 0.3) is 0 Å². The summed E-state index contributed by atoms with van der Waals surface area (Å²) in [6.45, 7) is 4.23. The lowest BCUT2D eigenvalue weighted by Gasteiger charge is -2.14. The Morgan fingerprint density at radius 2 is 2.39 bits per heavy atom. The number of hydrogen-bond acceptors (Lipinski definition) is 3. The van der Waals surface area contributed by atoms with Crippen LogP contribution < -0.4 is 5.32 Å². The summed E-state index contributed by atoms with van der Waals surface area (Å²) in [4.78, 5) is 4.03. The highest BCUT2D eigenvalue weighted by Gasteiger charge is 2.10. The molecule has 0 saturated carbocycles. The van der Waals surface area contributed by atoms with Crippen molar-refractivity contribution in [1.29, 1.82) is 0 Å². The highest BCUT2D eigenvalue weighted by atomic mass is 16.3. The highest BCUT2D eigenvalue weighted by Crippen LogP contribution is 2.16. The number of furan rings is 1. The summed E-state index contributed by atoms with van der Waals surface area (Å²) in [6, 6.07) is 4.32. The monoisotopic (exact) mass is 247 g/mol. The molecule has 4 nitrogen and oxygen atoms in total. The lowest BCUT2D eigenvalue weighted by molar-refractivity contribution is 0.399. The number of nitrogens with one attached hydrogen (secondary N) is 1. The Bertz CT molecular complexity index is 408. The van der Waals surface area contributed by atoms with Gasteiger partial charge in [0.15, 0.2) is 0 Å². The average Bonchev–Trinajstić information content (AvgIpc) is 3.06. The van der Waals surface area contributed by atoms with Gasteiger partial charge in [0.25, 0.3) is 0 Å². The summed E-state index contributed by atoms with van der Waals surface area (Å²) in [6.07, 6.45) is 10.8. The van der Waals surface area contributed by atoms with Crippen molar-refractivity contribution < 1.29 is 4.42 Å². The molecule has 1 atom stereocenters. The minimum Gasteiger partial charge on any atom is -0.468 e. The number of aryl methyl sites for hydroxylation is 1. The first-order valence-electron chi connectivity index (χ1n) is 6.62. The van der Waals surface area contributed by atoms with Gasteiger partial charge in [0, 0.05) is 18.9 Å². The van der Waals surface area contributed by atoms with Crippen LogP contribution in [0.5, 0.6) is 0 Å². The molecule has 2 aromatic rings. The van der Waals surface area contributed by atoms with E-state index in [2.05, 4.69) is 21.8 Å². The highest BCUT2D eigenvalue weighted by molar-refractivity contribution is 5.03. The first-order chi connectivity index (χ1) is 8.90. The van der Waals surface area contributed by atoms with Gasteiger partial charge in [0.1, 0.15) is 5.76 Å². The number of rotatable bonds is 8. The molecule has 18 heavy (non-hydrogen) atoms. The molecule has 0 aliphatic heterocycles. The Kier molecular flexibility index (Phi) is 5.02. The number of hydrogen-bond donors (Lipinski definition) is 1. The van der Waals surface area contributed by atoms with Crippen LogP contribution in [0.2, 0.25) is 0 Å². The third-order valence-corrected chi connectivity index (χ3v) is 3.09. The fourth-order valence-corrected chi connectivity index (χ4v) is 2.05. The van der Waals surface area contributed by atoms with Crippen LogP contribution in [0.15, 0.2) is 41.5 Å². The molecule has 0 aliphatic carbocycles. The van der Waals surface area contributed by atoms with Crippen LogP contribution >= 0.6 is 0 Å². The van der Waals surface area contributed by atoms with Crippen molar-refractivity contribution in [3.63, 3.8) is 0 Å². The molecule has 0 aliphatic rings. The van der Waals surface area contributed by atoms with Crippen molar-refractivity contribution in [2.45, 2.75) is 38.8 Å². The van der Waals surface area contributed by atoms with E-state index in [1.165, 1.54) is 0 Å². The van der Waals surface area contributed by atoms with Gasteiger partial charge >= 0.3 is 0 Å². The Hall–Kier alpha value is -1.55. The summed E-state index contributed by atoms with van der Waals surface area (Å²) in [5, 5.41) is 3.53. The van der Waals surface area contributed by atoms with Crippen molar-refractivity contribution in [2.24, 2.45) is 0 Å². The fraction of sp³-hybridized carbons (Fsp3) is 0.500. The third kappa shape index (κ3) is 3.74. The molecule has 1 N–H and O–H groups in total. The molecule has 0 bridgehead atoms. The van der Waals surface area contributed by atoms with Crippen LogP contribution in [0.1, 0.15) is 38.0 Å². The molecule has 0 saturated heterocycles. The van der Waals surface area contributed by atoms with Crippen LogP contribution in [-0.2, 0) is 6.54 Å². The zero-order valence-corrected chi connectivity index (χ0v) is 10.9. The van der Waals surface area contributed by atoms with E-state index in [1.54, 1.807) is 6.26 Å². The number of nitrogens with zero attached hydrogens (tertiary/aromatic N) is 2. The Morgan fingerprint density at radius 3 is 3.06 bits per heavy atom. The summed E-state index contributed by atoms with van der Waals surface area (Å²) >= 11 is 0. The second kappa shape index (κ2) is 7.01. The smallest absolute Gasteiger partial charge is 0.120 e. The van der Waals surface area contributed by atoms with Crippen LogP contribution in [-0.4, -0.2) is 16.1 Å². The van der Waals surface area contributed by atoms with Crippen LogP contribution in [0, 0.1) is 0 Å². The van der Waals surface area contributed by atoms with E-state index < -0.39 is 0 Å². The van der Waals surface area contributed by atoms with Gasteiger partial charge in [-0.3, -0.25) is 0 Å². The van der Waals surface area contributed by atoms with E-state index in [0.29, 0.717) is 6.04 Å². The van der Waals surface area contributed by atoms with Crippen LogP contribution in [0.3, 0.4) is 0 Å². The Morgan fingerprint density at radius 1 is 1.44 bits per heavy atom. The normalized spacial score (nSPS) is 12.7. The average molecular weight is 247 g/mol. The van der Waals surface area contributed by atoms with Crippen molar-refractivity contribution in [3.8, 4) is 0 Å². The molecule has 0 radical (unpaired) electrons. The van der Waals surface area contributed by atoms with E-state index in [1.807, 2.05) is 30.9 Å². The Labute approximate surface area is 108 Å². The molecule has 2 heterocycles. The summed E-state index contributed by atoms with van der Waals surface area (Å²) in [5.41, 5.74) is 0. The van der Waals surface area contributed by atoms with Crippen molar-refractivity contribution in [2.75, 3.05) is 6.54 Å². The van der Waals surface area contributed by atoms with Gasteiger partial charge in [0.2, 0.25) is 0 Å². The molecule has 2 rings (SSSR count). The molecule has 0 fully saturated rings. The summed E-state index contributed by atoms with van der Waals surface area (Å²) < 4.78 is 7.54. The van der Waals surface area contributed by atoms with Gasteiger partial charge in [-0.25, -0.2) is 4.98 Å². The second-order valence-corrected chi connectivity index (χ2v) is 4.44. The molecular formula is C14H21N3O. The molecule has 0 amide bonds. The van der Waals surface area contributed by atoms with Gasteiger partial charge in [0.05, 0.1) is 18.6 Å². The molecule has 2 aromatic heterocycles. The van der Waals surface area contributed by atoms with Crippen molar-refractivity contribution >= 4 is 0 Å². The quantitative estimate of drug-likeness (QED) is 0.729. The minimum absolute atomic E-state index is 0.341. The first-order valence-corrected chi connectivity index (χ1v) is 6.62. The topological polar surface area (TPSA) is 43.0 Å². The standard InChI is InChI=1S/C14H21N3O/c1-2-13(14-6-5-11-18-14)16-7-3-4-9-17-10-8-15-12-17/h5-6,8,10-13,16H,2-4,7,9H2,1H3. The number of aromatic nitrogens is 2. The third-order valence-electron chi connectivity index (χ3n) is 3.09. The van der Waals surface area contributed by atoms with Gasteiger partial charge in [-0.1, -0.05) is 6.92 Å². The molecule has 0 spiro atoms. The lowest BCUT2D eigenvalue weighted by atomic mass is 10.1. The molecule has 1 unspecified atom stereocenters. The van der Waals surface area contributed by atoms with E-state index in [0.717, 1.165) is 38.1 Å². The van der Waals surface area contributed by atoms with Crippen molar-refractivity contribution in [1.82, 2.24) is 14.9 Å². The SMILES string of the molecule is CCC(NCCCCn1ccnc1)c1ccco1. The van der Waals surface area contributed by atoms with Gasteiger partial charge in [-0.2, -0.15) is 0 Å². The predicted molar refractivity (Wildman–Crippen MR) is 71.2 cm³/mol. The van der Waals surface area contributed by atoms with E-state index in [9.17, 15) is 0 Å². The minimum atomic E-state index is 0.341. The van der Waals surface area contributed by atoms with E-state index in [4.69, 9.17) is 4.42 Å². The second-order valence-electron chi connectivity index (χ2n) is 4.44. The maximum Gasteiger partial charge on any atom is 0.120 e. The van der Waals surface area contributed by atoms with Crippen molar-refractivity contribution in [3.05, 3.63) is 42.9 Å². The Balaban J connectivity index is 1.62. The summed E-state index contributed by atoms with van der Waals surface area (Å²) in [7, 11) is 0.